The molecule has 10 nitrogen and oxygen atoms in total. The summed E-state index contributed by atoms with van der Waals surface area (Å²) >= 11 is 0. The number of rotatable bonds is 20. The number of imide groups is 1. The van der Waals surface area contributed by atoms with Crippen molar-refractivity contribution < 1.29 is 29.4 Å². The molecule has 0 fully saturated rings. The van der Waals surface area contributed by atoms with Crippen LogP contribution in [-0.4, -0.2) is 58.9 Å². The molecule has 242 valence electrons. The number of carbonyl (C=O) groups excluding carboxylic acids is 2. The highest BCUT2D eigenvalue weighted by atomic mass is 16.4. The Morgan fingerprint density at radius 1 is 0.795 bits per heavy atom. The Kier molecular flexibility index (Phi) is 15.6. The van der Waals surface area contributed by atoms with Crippen molar-refractivity contribution in [2.45, 2.75) is 90.4 Å². The van der Waals surface area contributed by atoms with Crippen molar-refractivity contribution in [3.05, 3.63) is 71.8 Å². The second-order valence-electron chi connectivity index (χ2n) is 12.2. The first-order valence-electron chi connectivity index (χ1n) is 15.6. The van der Waals surface area contributed by atoms with Crippen molar-refractivity contribution in [3.8, 4) is 0 Å². The van der Waals surface area contributed by atoms with Gasteiger partial charge in [-0.05, 0) is 54.7 Å². The molecule has 0 heterocycles. The van der Waals surface area contributed by atoms with Gasteiger partial charge in [-0.15, -0.1) is 0 Å². The smallest absolute Gasteiger partial charge is 0.411 e. The molecule has 0 aliphatic rings. The van der Waals surface area contributed by atoms with Crippen LogP contribution in [-0.2, 0) is 22.4 Å². The highest BCUT2D eigenvalue weighted by Crippen LogP contribution is 2.31. The van der Waals surface area contributed by atoms with Crippen LogP contribution in [0.4, 0.5) is 9.59 Å². The second kappa shape index (κ2) is 18.8. The molecule has 2 aromatic carbocycles. The summed E-state index contributed by atoms with van der Waals surface area (Å²) in [7, 11) is 0. The molecule has 44 heavy (non-hydrogen) atoms. The molecule has 2 unspecified atom stereocenters. The number of carbonyl (C=O) groups is 4. The van der Waals surface area contributed by atoms with Crippen LogP contribution in [0.1, 0.15) is 70.9 Å². The number of hydrogen-bond acceptors (Lipinski definition) is 6. The Morgan fingerprint density at radius 3 is 1.91 bits per heavy atom. The number of amides is 3. The van der Waals surface area contributed by atoms with Gasteiger partial charge in [0.05, 0.1) is 12.1 Å². The van der Waals surface area contributed by atoms with Crippen LogP contribution >= 0.6 is 0 Å². The molecule has 10 heteroatoms. The van der Waals surface area contributed by atoms with Crippen LogP contribution in [0.25, 0.3) is 0 Å². The van der Waals surface area contributed by atoms with E-state index >= 15 is 0 Å². The molecule has 0 radical (unpaired) electrons. The number of benzene rings is 2. The quantitative estimate of drug-likeness (QED) is 0.0677. The highest BCUT2D eigenvalue weighted by molar-refractivity contribution is 5.94. The van der Waals surface area contributed by atoms with E-state index in [1.54, 1.807) is 13.8 Å². The Labute approximate surface area is 261 Å². The summed E-state index contributed by atoms with van der Waals surface area (Å²) in [6.07, 6.45) is 3.23. The minimum atomic E-state index is -1.47. The van der Waals surface area contributed by atoms with E-state index in [9.17, 15) is 29.4 Å². The summed E-state index contributed by atoms with van der Waals surface area (Å²) in [5.41, 5.74) is 0.593. The van der Waals surface area contributed by atoms with E-state index in [0.29, 0.717) is 12.8 Å². The Morgan fingerprint density at radius 2 is 1.39 bits per heavy atom. The first-order valence-corrected chi connectivity index (χ1v) is 15.6. The van der Waals surface area contributed by atoms with Crippen molar-refractivity contribution in [3.63, 3.8) is 0 Å². The lowest BCUT2D eigenvalue weighted by Gasteiger charge is -2.45. The number of unbranched alkanes of at least 4 members (excludes halogenated alkanes) is 3. The number of carboxylic acid groups (broad SMARTS) is 2. The minimum absolute atomic E-state index is 0.163. The predicted octanol–water partition coefficient (Wildman–Crippen LogP) is 5.22. The van der Waals surface area contributed by atoms with E-state index in [1.165, 1.54) is 0 Å². The van der Waals surface area contributed by atoms with Crippen molar-refractivity contribution in [1.29, 1.82) is 0 Å². The van der Waals surface area contributed by atoms with E-state index in [4.69, 9.17) is 0 Å². The molecule has 3 amide bonds. The molecule has 0 bridgehead atoms. The average molecular weight is 611 g/mol. The van der Waals surface area contributed by atoms with E-state index in [-0.39, 0.29) is 30.2 Å². The molecule has 0 aliphatic heterocycles. The molecular weight excluding hydrogens is 560 g/mol. The first kappa shape index (κ1) is 36.4. The van der Waals surface area contributed by atoms with E-state index in [1.807, 2.05) is 79.8 Å². The van der Waals surface area contributed by atoms with Crippen LogP contribution in [0.5, 0.6) is 0 Å². The van der Waals surface area contributed by atoms with Crippen LogP contribution in [0.2, 0.25) is 0 Å². The van der Waals surface area contributed by atoms with Crippen LogP contribution in [0.15, 0.2) is 60.7 Å². The van der Waals surface area contributed by atoms with E-state index < -0.39 is 29.8 Å². The summed E-state index contributed by atoms with van der Waals surface area (Å²) < 4.78 is 0. The molecule has 4 atom stereocenters. The van der Waals surface area contributed by atoms with E-state index in [0.717, 1.165) is 49.6 Å². The zero-order chi connectivity index (χ0) is 32.5. The van der Waals surface area contributed by atoms with Crippen molar-refractivity contribution >= 4 is 24.4 Å². The van der Waals surface area contributed by atoms with Gasteiger partial charge in [0.15, 0.2) is 0 Å². The SMILES string of the molecule is CC(C)C(C=O)NCCCCCC[C@@H](Cc1ccccc1)C(Cc1ccccc1)(NC(=O)O)N[C@H](C(=O)NC(=O)O)C(C)C. The first-order chi connectivity index (χ1) is 21.0. The van der Waals surface area contributed by atoms with Crippen LogP contribution in [0, 0.1) is 17.8 Å². The lowest BCUT2D eigenvalue weighted by Crippen LogP contribution is -2.70. The fourth-order valence-electron chi connectivity index (χ4n) is 5.60. The third kappa shape index (κ3) is 12.5. The number of aldehydes is 1. The van der Waals surface area contributed by atoms with Crippen LogP contribution < -0.4 is 21.3 Å². The maximum atomic E-state index is 13.1. The molecule has 0 aliphatic carbocycles. The van der Waals surface area contributed by atoms with Crippen molar-refractivity contribution in [2.75, 3.05) is 6.54 Å². The summed E-state index contributed by atoms with van der Waals surface area (Å²) in [5.74, 6) is -1.15. The topological polar surface area (TPSA) is 157 Å². The van der Waals surface area contributed by atoms with Gasteiger partial charge in [-0.1, -0.05) is 108 Å². The molecule has 6 N–H and O–H groups in total. The molecular formula is C34H50N4O6. The lowest BCUT2D eigenvalue weighted by atomic mass is 9.78. The molecule has 2 aromatic rings. The number of hydrogen-bond donors (Lipinski definition) is 6. The lowest BCUT2D eigenvalue weighted by molar-refractivity contribution is -0.124. The number of nitrogens with one attached hydrogen (secondary N) is 4. The maximum Gasteiger partial charge on any atom is 0.411 e. The fourth-order valence-corrected chi connectivity index (χ4v) is 5.60. The summed E-state index contributed by atoms with van der Waals surface area (Å²) in [6.45, 7) is 8.34. The Balaban J connectivity index is 2.41. The van der Waals surface area contributed by atoms with Crippen LogP contribution in [0.3, 0.4) is 0 Å². The standard InChI is InChI=1S/C34H50N4O6/c1-24(2)29(23-39)35-20-14-6-5-13-19-28(21-26-15-9-7-10-16-26)34(38-33(43)44,22-27-17-11-8-12-18-27)37-30(25(3)4)31(40)36-32(41)42/h7-12,15-18,23-25,28-30,35,37-38H,5-6,13-14,19-22H2,1-4H3,(H,36,40)(H,41,42)(H,43,44)/t28-,29?,30-,34?/m0/s1. The predicted molar refractivity (Wildman–Crippen MR) is 171 cm³/mol. The molecule has 0 aromatic heterocycles. The summed E-state index contributed by atoms with van der Waals surface area (Å²) in [6, 6.07) is 18.1. The van der Waals surface area contributed by atoms with Gasteiger partial charge in [-0.2, -0.15) is 0 Å². The molecule has 0 saturated heterocycles. The van der Waals surface area contributed by atoms with Gasteiger partial charge in [0.25, 0.3) is 0 Å². The van der Waals surface area contributed by atoms with Gasteiger partial charge in [0.2, 0.25) is 5.91 Å². The van der Waals surface area contributed by atoms with Gasteiger partial charge in [-0.3, -0.25) is 15.4 Å². The largest absolute Gasteiger partial charge is 0.465 e. The molecule has 0 saturated carbocycles. The second-order valence-corrected chi connectivity index (χ2v) is 12.2. The van der Waals surface area contributed by atoms with E-state index in [2.05, 4.69) is 16.0 Å². The van der Waals surface area contributed by atoms with Crippen molar-refractivity contribution in [2.24, 2.45) is 17.8 Å². The summed E-state index contributed by atoms with van der Waals surface area (Å²) in [4.78, 5) is 48.2. The van der Waals surface area contributed by atoms with Gasteiger partial charge < -0.3 is 25.6 Å². The zero-order valence-electron chi connectivity index (χ0n) is 26.4. The van der Waals surface area contributed by atoms with Gasteiger partial charge in [0.1, 0.15) is 11.9 Å². The molecule has 0 spiro atoms. The molecule has 2 rings (SSSR count). The summed E-state index contributed by atoms with van der Waals surface area (Å²) in [5, 5.41) is 30.8. The van der Waals surface area contributed by atoms with Gasteiger partial charge >= 0.3 is 12.2 Å². The third-order valence-electron chi connectivity index (χ3n) is 7.99. The Hall–Kier alpha value is -3.76. The van der Waals surface area contributed by atoms with Gasteiger partial charge in [-0.25, -0.2) is 9.59 Å². The normalized spacial score (nSPS) is 14.8. The minimum Gasteiger partial charge on any atom is -0.465 e. The average Bonchev–Trinajstić information content (AvgIpc) is 2.96. The van der Waals surface area contributed by atoms with Gasteiger partial charge in [0, 0.05) is 6.42 Å². The van der Waals surface area contributed by atoms with Crippen molar-refractivity contribution in [1.82, 2.24) is 21.3 Å². The third-order valence-corrected chi connectivity index (χ3v) is 7.99. The Bertz CT molecular complexity index is 1160. The monoisotopic (exact) mass is 610 g/mol. The fraction of sp³-hybridized carbons (Fsp3) is 0.529. The highest BCUT2D eigenvalue weighted by Gasteiger charge is 2.44. The zero-order valence-corrected chi connectivity index (χ0v) is 26.4. The maximum absolute atomic E-state index is 13.1.